The van der Waals surface area contributed by atoms with Crippen LogP contribution in [0.1, 0.15) is 5.56 Å². The monoisotopic (exact) mass is 258 g/mol. The zero-order chi connectivity index (χ0) is 13.3. The Morgan fingerprint density at radius 2 is 1.17 bits per heavy atom. The summed E-state index contributed by atoms with van der Waals surface area (Å²) in [5.74, 6) is -1.55. The molecule has 0 aliphatic heterocycles. The molecule has 94 valence electrons. The summed E-state index contributed by atoms with van der Waals surface area (Å²) >= 11 is 0. The number of hydrogen-bond donors (Lipinski definition) is 0. The minimum atomic E-state index is -4.42. The predicted molar refractivity (Wildman–Crippen MR) is 56.8 cm³/mol. The fraction of sp³-hybridized carbons (Fsp3) is 0.0769. The van der Waals surface area contributed by atoms with Crippen LogP contribution < -0.4 is 0 Å². The zero-order valence-corrected chi connectivity index (χ0v) is 8.93. The van der Waals surface area contributed by atoms with Crippen molar-refractivity contribution < 1.29 is 22.0 Å². The Bertz CT molecular complexity index is 534. The Hall–Kier alpha value is -1.91. The molecule has 0 aliphatic rings. The number of rotatable bonds is 1. The molecule has 5 heteroatoms. The highest BCUT2D eigenvalue weighted by Crippen LogP contribution is 2.31. The van der Waals surface area contributed by atoms with Gasteiger partial charge in [0, 0.05) is 6.07 Å². The minimum Gasteiger partial charge on any atom is -0.207 e. The van der Waals surface area contributed by atoms with Crippen LogP contribution >= 0.6 is 0 Å². The van der Waals surface area contributed by atoms with Gasteiger partial charge in [0.05, 0.1) is 5.56 Å². The molecule has 0 aliphatic carbocycles. The summed E-state index contributed by atoms with van der Waals surface area (Å²) < 4.78 is 62.9. The largest absolute Gasteiger partial charge is 0.416 e. The molecule has 2 rings (SSSR count). The van der Waals surface area contributed by atoms with Crippen molar-refractivity contribution in [2.45, 2.75) is 6.18 Å². The van der Waals surface area contributed by atoms with E-state index in [1.54, 1.807) is 0 Å². The standard InChI is InChI=1S/C13H7F5/c14-11-5-9(6-12(15)7-11)8-1-3-10(4-2-8)13(16,17)18/h1-7H. The lowest BCUT2D eigenvalue weighted by atomic mass is 10.0. The number of halogens is 5. The van der Waals surface area contributed by atoms with Crippen molar-refractivity contribution in [3.8, 4) is 11.1 Å². The lowest BCUT2D eigenvalue weighted by Crippen LogP contribution is -2.04. The molecule has 0 spiro atoms. The van der Waals surface area contributed by atoms with E-state index in [9.17, 15) is 22.0 Å². The molecule has 2 aromatic carbocycles. The maximum Gasteiger partial charge on any atom is 0.416 e. The Kier molecular flexibility index (Phi) is 3.07. The van der Waals surface area contributed by atoms with Crippen LogP contribution in [0, 0.1) is 11.6 Å². The smallest absolute Gasteiger partial charge is 0.207 e. The Labute approximate surface area is 99.7 Å². The Balaban J connectivity index is 2.40. The van der Waals surface area contributed by atoms with Crippen LogP contribution in [0.2, 0.25) is 0 Å². The fourth-order valence-corrected chi connectivity index (χ4v) is 1.57. The third-order valence-electron chi connectivity index (χ3n) is 2.41. The summed E-state index contributed by atoms with van der Waals surface area (Å²) in [7, 11) is 0. The summed E-state index contributed by atoms with van der Waals surface area (Å²) in [5, 5.41) is 0. The van der Waals surface area contributed by atoms with E-state index < -0.39 is 23.4 Å². The van der Waals surface area contributed by atoms with Crippen LogP contribution in [0.25, 0.3) is 11.1 Å². The van der Waals surface area contributed by atoms with Crippen molar-refractivity contribution in [3.05, 3.63) is 59.7 Å². The molecule has 0 unspecified atom stereocenters. The third kappa shape index (κ3) is 2.67. The summed E-state index contributed by atoms with van der Waals surface area (Å²) in [6.45, 7) is 0. The van der Waals surface area contributed by atoms with Gasteiger partial charge < -0.3 is 0 Å². The Morgan fingerprint density at radius 1 is 0.667 bits per heavy atom. The van der Waals surface area contributed by atoms with Crippen LogP contribution in [0.5, 0.6) is 0 Å². The summed E-state index contributed by atoms with van der Waals surface area (Å²) in [4.78, 5) is 0. The highest BCUT2D eigenvalue weighted by molar-refractivity contribution is 5.63. The van der Waals surface area contributed by atoms with Crippen LogP contribution in [0.4, 0.5) is 22.0 Å². The van der Waals surface area contributed by atoms with Gasteiger partial charge in [-0.2, -0.15) is 13.2 Å². The molecular formula is C13H7F5. The van der Waals surface area contributed by atoms with Crippen molar-refractivity contribution >= 4 is 0 Å². The zero-order valence-electron chi connectivity index (χ0n) is 8.93. The van der Waals surface area contributed by atoms with E-state index in [4.69, 9.17) is 0 Å². The normalized spacial score (nSPS) is 11.6. The van der Waals surface area contributed by atoms with Crippen molar-refractivity contribution in [2.24, 2.45) is 0 Å². The molecular weight excluding hydrogens is 251 g/mol. The van der Waals surface area contributed by atoms with Crippen molar-refractivity contribution in [1.29, 1.82) is 0 Å². The quantitative estimate of drug-likeness (QED) is 0.653. The second kappa shape index (κ2) is 4.40. The summed E-state index contributed by atoms with van der Waals surface area (Å²) in [5.41, 5.74) is -0.286. The average molecular weight is 258 g/mol. The van der Waals surface area contributed by atoms with E-state index >= 15 is 0 Å². The van der Waals surface area contributed by atoms with E-state index in [-0.39, 0.29) is 5.56 Å². The first kappa shape index (κ1) is 12.5. The van der Waals surface area contributed by atoms with Gasteiger partial charge in [-0.15, -0.1) is 0 Å². The molecule has 0 atom stereocenters. The predicted octanol–water partition coefficient (Wildman–Crippen LogP) is 4.65. The molecule has 0 heterocycles. The highest BCUT2D eigenvalue weighted by atomic mass is 19.4. The minimum absolute atomic E-state index is 0.196. The van der Waals surface area contributed by atoms with Gasteiger partial charge >= 0.3 is 6.18 Å². The van der Waals surface area contributed by atoms with E-state index in [0.717, 1.165) is 24.3 Å². The second-order valence-corrected chi connectivity index (χ2v) is 3.73. The van der Waals surface area contributed by atoms with Gasteiger partial charge in [0.15, 0.2) is 0 Å². The molecule has 0 N–H and O–H groups in total. The average Bonchev–Trinajstić information content (AvgIpc) is 2.27. The molecule has 0 aromatic heterocycles. The SMILES string of the molecule is Fc1cc(F)cc(-c2ccc(C(F)(F)F)cc2)c1. The fourth-order valence-electron chi connectivity index (χ4n) is 1.57. The summed E-state index contributed by atoms with van der Waals surface area (Å²) in [6, 6.07) is 6.93. The van der Waals surface area contributed by atoms with Crippen LogP contribution in [-0.4, -0.2) is 0 Å². The maximum atomic E-state index is 13.0. The molecule has 0 saturated carbocycles. The molecule has 0 bridgehead atoms. The topological polar surface area (TPSA) is 0 Å². The molecule has 0 saturated heterocycles. The van der Waals surface area contributed by atoms with Gasteiger partial charge in [-0.3, -0.25) is 0 Å². The van der Waals surface area contributed by atoms with Crippen molar-refractivity contribution in [3.63, 3.8) is 0 Å². The lowest BCUT2D eigenvalue weighted by Gasteiger charge is -2.08. The molecule has 0 radical (unpaired) electrons. The van der Waals surface area contributed by atoms with Crippen LogP contribution in [-0.2, 0) is 6.18 Å². The van der Waals surface area contributed by atoms with E-state index in [0.29, 0.717) is 11.6 Å². The molecule has 0 nitrogen and oxygen atoms in total. The van der Waals surface area contributed by atoms with E-state index in [1.807, 2.05) is 0 Å². The Morgan fingerprint density at radius 3 is 1.61 bits per heavy atom. The number of benzene rings is 2. The first-order chi connectivity index (χ1) is 8.36. The van der Waals surface area contributed by atoms with E-state index in [2.05, 4.69) is 0 Å². The van der Waals surface area contributed by atoms with Crippen molar-refractivity contribution in [2.75, 3.05) is 0 Å². The van der Waals surface area contributed by atoms with Gasteiger partial charge in [0.1, 0.15) is 11.6 Å². The highest BCUT2D eigenvalue weighted by Gasteiger charge is 2.29. The molecule has 18 heavy (non-hydrogen) atoms. The van der Waals surface area contributed by atoms with Crippen molar-refractivity contribution in [1.82, 2.24) is 0 Å². The first-order valence-electron chi connectivity index (χ1n) is 5.00. The lowest BCUT2D eigenvalue weighted by molar-refractivity contribution is -0.137. The molecule has 2 aromatic rings. The number of hydrogen-bond acceptors (Lipinski definition) is 0. The first-order valence-corrected chi connectivity index (χ1v) is 5.00. The molecule has 0 fully saturated rings. The van der Waals surface area contributed by atoms with Crippen LogP contribution in [0.3, 0.4) is 0 Å². The molecule has 0 amide bonds. The summed E-state index contributed by atoms with van der Waals surface area (Å²) in [6.07, 6.45) is -4.42. The van der Waals surface area contributed by atoms with Gasteiger partial charge in [-0.05, 0) is 35.4 Å². The van der Waals surface area contributed by atoms with Crippen LogP contribution in [0.15, 0.2) is 42.5 Å². The van der Waals surface area contributed by atoms with Gasteiger partial charge in [0.2, 0.25) is 0 Å². The number of alkyl halides is 3. The maximum absolute atomic E-state index is 13.0. The van der Waals surface area contributed by atoms with Gasteiger partial charge in [-0.1, -0.05) is 12.1 Å². The third-order valence-corrected chi connectivity index (χ3v) is 2.41. The van der Waals surface area contributed by atoms with E-state index in [1.165, 1.54) is 12.1 Å². The van der Waals surface area contributed by atoms with Gasteiger partial charge in [0.25, 0.3) is 0 Å². The van der Waals surface area contributed by atoms with Gasteiger partial charge in [-0.25, -0.2) is 8.78 Å². The second-order valence-electron chi connectivity index (χ2n) is 3.73.